The van der Waals surface area contributed by atoms with Gasteiger partial charge in [-0.05, 0) is 30.7 Å². The number of Topliss-reactive ketones (excluding diaryl/α,β-unsaturated/α-hetero) is 1. The SMILES string of the molecule is CCNC(=O)Nc1cn2ccc(-c3ccc(C(C)=O)nc3)cc2n1. The van der Waals surface area contributed by atoms with Gasteiger partial charge in [-0.1, -0.05) is 6.07 Å². The smallest absolute Gasteiger partial charge is 0.320 e. The molecule has 122 valence electrons. The van der Waals surface area contributed by atoms with Crippen molar-refractivity contribution in [2.45, 2.75) is 13.8 Å². The molecule has 0 saturated heterocycles. The first-order valence-corrected chi connectivity index (χ1v) is 7.58. The van der Waals surface area contributed by atoms with Gasteiger partial charge < -0.3 is 9.72 Å². The summed E-state index contributed by atoms with van der Waals surface area (Å²) in [6.07, 6.45) is 5.27. The Labute approximate surface area is 138 Å². The number of carbonyl (C=O) groups excluding carboxylic acids is 2. The lowest BCUT2D eigenvalue weighted by atomic mass is 10.1. The van der Waals surface area contributed by atoms with Gasteiger partial charge in [0.05, 0.1) is 6.20 Å². The fourth-order valence-corrected chi connectivity index (χ4v) is 2.32. The highest BCUT2D eigenvalue weighted by Gasteiger charge is 2.07. The lowest BCUT2D eigenvalue weighted by molar-refractivity contribution is 0.101. The maximum atomic E-state index is 11.6. The molecule has 3 aromatic heterocycles. The third kappa shape index (κ3) is 3.24. The molecule has 0 radical (unpaired) electrons. The number of ketones is 1. The number of anilines is 1. The number of nitrogens with one attached hydrogen (secondary N) is 2. The van der Waals surface area contributed by atoms with Gasteiger partial charge in [-0.3, -0.25) is 15.1 Å². The zero-order chi connectivity index (χ0) is 17.1. The van der Waals surface area contributed by atoms with Crippen LogP contribution < -0.4 is 10.6 Å². The van der Waals surface area contributed by atoms with E-state index >= 15 is 0 Å². The van der Waals surface area contributed by atoms with Crippen LogP contribution in [0.4, 0.5) is 10.6 Å². The van der Waals surface area contributed by atoms with Crippen LogP contribution >= 0.6 is 0 Å². The Kier molecular flexibility index (Phi) is 4.24. The molecule has 3 heterocycles. The minimum atomic E-state index is -0.287. The van der Waals surface area contributed by atoms with Crippen LogP contribution in [0.3, 0.4) is 0 Å². The van der Waals surface area contributed by atoms with E-state index in [1.807, 2.05) is 35.7 Å². The Morgan fingerprint density at radius 3 is 2.71 bits per heavy atom. The van der Waals surface area contributed by atoms with Crippen molar-refractivity contribution >= 4 is 23.3 Å². The van der Waals surface area contributed by atoms with Gasteiger partial charge in [0, 0.05) is 31.4 Å². The van der Waals surface area contributed by atoms with Gasteiger partial charge in [0.15, 0.2) is 11.6 Å². The maximum Gasteiger partial charge on any atom is 0.320 e. The largest absolute Gasteiger partial charge is 0.338 e. The standard InChI is InChI=1S/C17H17N5O2/c1-3-18-17(24)21-15-10-22-7-6-12(8-16(22)20-15)13-4-5-14(11(2)23)19-9-13/h4-10H,3H2,1-2H3,(H2,18,21,24). The van der Waals surface area contributed by atoms with Gasteiger partial charge in [-0.2, -0.15) is 0 Å². The molecule has 0 atom stereocenters. The Bertz CT molecular complexity index is 899. The third-order valence-corrected chi connectivity index (χ3v) is 3.50. The summed E-state index contributed by atoms with van der Waals surface area (Å²) in [4.78, 5) is 31.4. The normalized spacial score (nSPS) is 10.6. The van der Waals surface area contributed by atoms with Crippen LogP contribution in [0.25, 0.3) is 16.8 Å². The average molecular weight is 323 g/mol. The summed E-state index contributed by atoms with van der Waals surface area (Å²) in [7, 11) is 0. The van der Waals surface area contributed by atoms with Gasteiger partial charge in [0.25, 0.3) is 0 Å². The minimum Gasteiger partial charge on any atom is -0.338 e. The van der Waals surface area contributed by atoms with Crippen molar-refractivity contribution in [3.63, 3.8) is 0 Å². The molecule has 0 saturated carbocycles. The summed E-state index contributed by atoms with van der Waals surface area (Å²) in [6, 6.07) is 7.09. The van der Waals surface area contributed by atoms with Gasteiger partial charge in [0.1, 0.15) is 11.3 Å². The van der Waals surface area contributed by atoms with E-state index in [1.54, 1.807) is 18.5 Å². The molecule has 0 aliphatic carbocycles. The van der Waals surface area contributed by atoms with Crippen LogP contribution in [0, 0.1) is 0 Å². The molecule has 0 fully saturated rings. The van der Waals surface area contributed by atoms with Crippen molar-refractivity contribution in [2.24, 2.45) is 0 Å². The van der Waals surface area contributed by atoms with Crippen molar-refractivity contribution in [2.75, 3.05) is 11.9 Å². The molecule has 2 amide bonds. The molecule has 0 aliphatic rings. The van der Waals surface area contributed by atoms with E-state index in [9.17, 15) is 9.59 Å². The molecule has 7 heteroatoms. The molecule has 0 aliphatic heterocycles. The lowest BCUT2D eigenvalue weighted by Gasteiger charge is -2.02. The number of carbonyl (C=O) groups is 2. The summed E-state index contributed by atoms with van der Waals surface area (Å²) in [6.45, 7) is 3.88. The van der Waals surface area contributed by atoms with Gasteiger partial charge in [-0.25, -0.2) is 9.78 Å². The van der Waals surface area contributed by atoms with E-state index in [0.29, 0.717) is 23.7 Å². The Balaban J connectivity index is 1.88. The van der Waals surface area contributed by atoms with Crippen molar-refractivity contribution in [3.05, 3.63) is 48.5 Å². The molecular weight excluding hydrogens is 306 g/mol. The molecule has 0 spiro atoms. The first-order valence-electron chi connectivity index (χ1n) is 7.58. The van der Waals surface area contributed by atoms with Crippen molar-refractivity contribution in [1.29, 1.82) is 0 Å². The number of hydrogen-bond donors (Lipinski definition) is 2. The Morgan fingerprint density at radius 1 is 1.21 bits per heavy atom. The van der Waals surface area contributed by atoms with E-state index in [0.717, 1.165) is 11.1 Å². The zero-order valence-corrected chi connectivity index (χ0v) is 13.4. The lowest BCUT2D eigenvalue weighted by Crippen LogP contribution is -2.28. The first kappa shape index (κ1) is 15.7. The molecule has 0 bridgehead atoms. The van der Waals surface area contributed by atoms with Crippen LogP contribution in [0.15, 0.2) is 42.9 Å². The second-order valence-electron chi connectivity index (χ2n) is 5.28. The van der Waals surface area contributed by atoms with Crippen LogP contribution in [-0.2, 0) is 0 Å². The number of aromatic nitrogens is 3. The van der Waals surface area contributed by atoms with Crippen molar-refractivity contribution < 1.29 is 9.59 Å². The average Bonchev–Trinajstić information content (AvgIpc) is 2.96. The summed E-state index contributed by atoms with van der Waals surface area (Å²) in [5.41, 5.74) is 2.97. The number of fused-ring (bicyclic) bond motifs is 1. The van der Waals surface area contributed by atoms with Crippen LogP contribution in [-0.4, -0.2) is 32.7 Å². The molecule has 3 aromatic rings. The topological polar surface area (TPSA) is 88.4 Å². The molecule has 0 aromatic carbocycles. The number of amides is 2. The van der Waals surface area contributed by atoms with Gasteiger partial charge in [-0.15, -0.1) is 0 Å². The number of imidazole rings is 1. The van der Waals surface area contributed by atoms with Crippen LogP contribution in [0.1, 0.15) is 24.3 Å². The summed E-state index contributed by atoms with van der Waals surface area (Å²) < 4.78 is 1.82. The monoisotopic (exact) mass is 323 g/mol. The number of rotatable bonds is 4. The molecule has 2 N–H and O–H groups in total. The third-order valence-electron chi connectivity index (χ3n) is 3.50. The Morgan fingerprint density at radius 2 is 2.04 bits per heavy atom. The number of pyridine rings is 2. The highest BCUT2D eigenvalue weighted by atomic mass is 16.2. The van der Waals surface area contributed by atoms with Crippen LogP contribution in [0.2, 0.25) is 0 Å². The molecule has 3 rings (SSSR count). The van der Waals surface area contributed by atoms with E-state index in [-0.39, 0.29) is 11.8 Å². The van der Waals surface area contributed by atoms with Crippen molar-refractivity contribution in [1.82, 2.24) is 19.7 Å². The quantitative estimate of drug-likeness (QED) is 0.723. The Hall–Kier alpha value is -3.22. The fourth-order valence-electron chi connectivity index (χ4n) is 2.32. The van der Waals surface area contributed by atoms with E-state index in [1.165, 1.54) is 6.92 Å². The number of nitrogens with zero attached hydrogens (tertiary/aromatic N) is 3. The van der Waals surface area contributed by atoms with Crippen LogP contribution in [0.5, 0.6) is 0 Å². The predicted molar refractivity (Wildman–Crippen MR) is 91.1 cm³/mol. The minimum absolute atomic E-state index is 0.0636. The number of urea groups is 1. The first-order chi connectivity index (χ1) is 11.6. The second-order valence-corrected chi connectivity index (χ2v) is 5.28. The summed E-state index contributed by atoms with van der Waals surface area (Å²) in [5, 5.41) is 5.33. The molecule has 24 heavy (non-hydrogen) atoms. The maximum absolute atomic E-state index is 11.6. The molecule has 0 unspecified atom stereocenters. The summed E-state index contributed by atoms with van der Waals surface area (Å²) >= 11 is 0. The van der Waals surface area contributed by atoms with Crippen molar-refractivity contribution in [3.8, 4) is 11.1 Å². The highest BCUT2D eigenvalue weighted by molar-refractivity contribution is 5.92. The molecular formula is C17H17N5O2. The van der Waals surface area contributed by atoms with Gasteiger partial charge >= 0.3 is 6.03 Å². The number of hydrogen-bond acceptors (Lipinski definition) is 4. The van der Waals surface area contributed by atoms with E-state index in [4.69, 9.17) is 0 Å². The second kappa shape index (κ2) is 6.49. The molecule has 7 nitrogen and oxygen atoms in total. The van der Waals surface area contributed by atoms with E-state index in [2.05, 4.69) is 20.6 Å². The predicted octanol–water partition coefficient (Wildman–Crippen LogP) is 2.74. The summed E-state index contributed by atoms with van der Waals surface area (Å²) in [5.74, 6) is 0.412. The van der Waals surface area contributed by atoms with E-state index < -0.39 is 0 Å². The zero-order valence-electron chi connectivity index (χ0n) is 13.4. The fraction of sp³-hybridized carbons (Fsp3) is 0.176. The van der Waals surface area contributed by atoms with Gasteiger partial charge in [0.2, 0.25) is 0 Å². The highest BCUT2D eigenvalue weighted by Crippen LogP contribution is 2.21.